The molecule has 2 rings (SSSR count). The van der Waals surface area contributed by atoms with Crippen molar-refractivity contribution in [1.82, 2.24) is 0 Å². The van der Waals surface area contributed by atoms with Gasteiger partial charge in [0.05, 0.1) is 0 Å². The Balaban J connectivity index is 0.000000447. The monoisotopic (exact) mass is 605 g/mol. The summed E-state index contributed by atoms with van der Waals surface area (Å²) in [6.07, 6.45) is 40.8. The van der Waals surface area contributed by atoms with Crippen molar-refractivity contribution < 1.29 is 0 Å². The van der Waals surface area contributed by atoms with Crippen molar-refractivity contribution in [1.29, 1.82) is 0 Å². The van der Waals surface area contributed by atoms with Crippen molar-refractivity contribution in [2.24, 2.45) is 0 Å². The maximum atomic E-state index is 2.37. The molecule has 0 unspecified atom stereocenters. The maximum Gasteiger partial charge on any atom is -0.0276 e. The minimum atomic E-state index is 1.26. The normalized spacial score (nSPS) is 11.0. The highest BCUT2D eigenvalue weighted by Crippen LogP contribution is 2.18. The lowest BCUT2D eigenvalue weighted by molar-refractivity contribution is 0.544. The van der Waals surface area contributed by atoms with Gasteiger partial charge in [-0.25, -0.2) is 0 Å². The van der Waals surface area contributed by atoms with Crippen LogP contribution < -0.4 is 0 Å². The summed E-state index contributed by atoms with van der Waals surface area (Å²) in [5.41, 5.74) is 4.74. The Morgan fingerprint density at radius 2 is 0.545 bits per heavy atom. The fourth-order valence-corrected chi connectivity index (χ4v) is 6.41. The van der Waals surface area contributed by atoms with Crippen molar-refractivity contribution in [3.8, 4) is 0 Å². The zero-order valence-electron chi connectivity index (χ0n) is 30.2. The first-order valence-corrected chi connectivity index (χ1v) is 19.9. The SMILES string of the molecule is CCCCCCCCCCCCCCc1ccccc1.CCCCCCCCCc1ccccc1CCCCCCCCC. The van der Waals surface area contributed by atoms with E-state index in [1.165, 1.54) is 192 Å². The number of hydrogen-bond acceptors (Lipinski definition) is 0. The van der Waals surface area contributed by atoms with Gasteiger partial charge in [-0.3, -0.25) is 0 Å². The van der Waals surface area contributed by atoms with E-state index in [4.69, 9.17) is 0 Å². The van der Waals surface area contributed by atoms with Crippen molar-refractivity contribution in [3.63, 3.8) is 0 Å². The molecule has 0 bridgehead atoms. The predicted octanol–water partition coefficient (Wildman–Crippen LogP) is 15.2. The lowest BCUT2D eigenvalue weighted by Crippen LogP contribution is -1.95. The van der Waals surface area contributed by atoms with E-state index in [1.54, 1.807) is 11.1 Å². The molecule has 0 aliphatic heterocycles. The summed E-state index contributed by atoms with van der Waals surface area (Å²) in [5.74, 6) is 0. The van der Waals surface area contributed by atoms with Gasteiger partial charge in [0.25, 0.3) is 0 Å². The van der Waals surface area contributed by atoms with Crippen LogP contribution in [0.2, 0.25) is 0 Å². The van der Waals surface area contributed by atoms with Crippen LogP contribution in [0, 0.1) is 0 Å². The highest BCUT2D eigenvalue weighted by atomic mass is 14.1. The second kappa shape index (κ2) is 32.8. The van der Waals surface area contributed by atoms with Crippen molar-refractivity contribution in [3.05, 3.63) is 71.3 Å². The lowest BCUT2D eigenvalue weighted by atomic mass is 9.96. The van der Waals surface area contributed by atoms with Gasteiger partial charge in [-0.1, -0.05) is 223 Å². The third-order valence-electron chi connectivity index (χ3n) is 9.38. The summed E-state index contributed by atoms with van der Waals surface area (Å²) in [7, 11) is 0. The van der Waals surface area contributed by atoms with Gasteiger partial charge in [-0.05, 0) is 55.2 Å². The van der Waals surface area contributed by atoms with Crippen LogP contribution in [0.15, 0.2) is 54.6 Å². The van der Waals surface area contributed by atoms with Crippen LogP contribution in [0.4, 0.5) is 0 Å². The molecule has 0 nitrogen and oxygen atoms in total. The molecule has 2 aromatic carbocycles. The molecule has 0 heteroatoms. The quantitative estimate of drug-likeness (QED) is 0.0810. The summed E-state index contributed by atoms with van der Waals surface area (Å²) in [6, 6.07) is 20.1. The van der Waals surface area contributed by atoms with Gasteiger partial charge in [0.1, 0.15) is 0 Å². The highest BCUT2D eigenvalue weighted by Gasteiger charge is 2.02. The molecule has 252 valence electrons. The smallest absolute Gasteiger partial charge is 0.0276 e. The summed E-state index contributed by atoms with van der Waals surface area (Å²) in [4.78, 5) is 0. The van der Waals surface area contributed by atoms with Crippen LogP contribution in [0.25, 0.3) is 0 Å². The van der Waals surface area contributed by atoms with Gasteiger partial charge in [0, 0.05) is 0 Å². The average molecular weight is 605 g/mol. The van der Waals surface area contributed by atoms with E-state index in [1.807, 2.05) is 0 Å². The van der Waals surface area contributed by atoms with Gasteiger partial charge in [0.15, 0.2) is 0 Å². The van der Waals surface area contributed by atoms with Crippen LogP contribution in [0.3, 0.4) is 0 Å². The van der Waals surface area contributed by atoms with Crippen LogP contribution in [0.1, 0.15) is 204 Å². The Bertz CT molecular complexity index is 769. The average Bonchev–Trinajstić information content (AvgIpc) is 3.06. The maximum absolute atomic E-state index is 2.37. The van der Waals surface area contributed by atoms with E-state index in [-0.39, 0.29) is 0 Å². The van der Waals surface area contributed by atoms with Crippen molar-refractivity contribution in [2.45, 2.75) is 207 Å². The number of unbranched alkanes of at least 4 members (excludes halogenated alkanes) is 23. The topological polar surface area (TPSA) is 0 Å². The molecular weight excluding hydrogens is 528 g/mol. The van der Waals surface area contributed by atoms with Crippen LogP contribution in [0.5, 0.6) is 0 Å². The molecular formula is C44H76. The fourth-order valence-electron chi connectivity index (χ4n) is 6.41. The lowest BCUT2D eigenvalue weighted by Gasteiger charge is -2.10. The van der Waals surface area contributed by atoms with Gasteiger partial charge >= 0.3 is 0 Å². The molecule has 0 spiro atoms. The van der Waals surface area contributed by atoms with Crippen molar-refractivity contribution >= 4 is 0 Å². The summed E-state index contributed by atoms with van der Waals surface area (Å²) in [6.45, 7) is 6.88. The Hall–Kier alpha value is -1.56. The molecule has 0 saturated carbocycles. The predicted molar refractivity (Wildman–Crippen MR) is 201 cm³/mol. The first-order chi connectivity index (χ1) is 21.8. The zero-order valence-corrected chi connectivity index (χ0v) is 30.2. The van der Waals surface area contributed by atoms with E-state index in [9.17, 15) is 0 Å². The molecule has 0 amide bonds. The number of rotatable bonds is 29. The Morgan fingerprint density at radius 3 is 0.886 bits per heavy atom. The van der Waals surface area contributed by atoms with Gasteiger partial charge in [0.2, 0.25) is 0 Å². The molecule has 2 aromatic rings. The van der Waals surface area contributed by atoms with Gasteiger partial charge in [-0.2, -0.15) is 0 Å². The number of benzene rings is 2. The molecule has 0 aliphatic rings. The molecule has 0 aliphatic carbocycles. The van der Waals surface area contributed by atoms with E-state index < -0.39 is 0 Å². The van der Waals surface area contributed by atoms with E-state index >= 15 is 0 Å². The standard InChI is InChI=1S/C24H42.C20H34/c1-3-5-7-9-11-13-15-19-23-21-17-18-22-24(23)20-16-14-12-10-8-6-4-2;1-2-3-4-5-6-7-8-9-10-11-12-14-17-20-18-15-13-16-19-20/h17-18,21-22H,3-16,19-20H2,1-2H3;13,15-16,18-19H,2-12,14,17H2,1H3. The first kappa shape index (κ1) is 40.5. The molecule has 0 radical (unpaired) electrons. The van der Waals surface area contributed by atoms with Gasteiger partial charge < -0.3 is 0 Å². The molecule has 0 N–H and O–H groups in total. The summed E-state index contributed by atoms with van der Waals surface area (Å²) >= 11 is 0. The Kier molecular flexibility index (Phi) is 30.2. The van der Waals surface area contributed by atoms with Crippen molar-refractivity contribution in [2.75, 3.05) is 0 Å². The van der Waals surface area contributed by atoms with Gasteiger partial charge in [-0.15, -0.1) is 0 Å². The van der Waals surface area contributed by atoms with Crippen LogP contribution in [-0.2, 0) is 19.3 Å². The first-order valence-electron chi connectivity index (χ1n) is 19.9. The molecule has 44 heavy (non-hydrogen) atoms. The highest BCUT2D eigenvalue weighted by molar-refractivity contribution is 5.27. The molecule has 0 saturated heterocycles. The number of hydrogen-bond donors (Lipinski definition) is 0. The minimum absolute atomic E-state index is 1.26. The zero-order chi connectivity index (χ0) is 31.6. The Labute approximate surface area is 277 Å². The van der Waals surface area contributed by atoms with E-state index in [2.05, 4.69) is 75.4 Å². The molecule has 0 atom stereocenters. The van der Waals surface area contributed by atoms with E-state index in [0.29, 0.717) is 0 Å². The second-order valence-corrected chi connectivity index (χ2v) is 13.6. The summed E-state index contributed by atoms with van der Waals surface area (Å²) in [5, 5.41) is 0. The second-order valence-electron chi connectivity index (χ2n) is 13.6. The molecule has 0 heterocycles. The third kappa shape index (κ3) is 25.7. The minimum Gasteiger partial charge on any atom is -0.0654 e. The van der Waals surface area contributed by atoms with E-state index in [0.717, 1.165) is 0 Å². The summed E-state index contributed by atoms with van der Waals surface area (Å²) < 4.78 is 0. The fraction of sp³-hybridized carbons (Fsp3) is 0.727. The molecule has 0 aromatic heterocycles. The number of aryl methyl sites for hydroxylation is 3. The largest absolute Gasteiger partial charge is 0.0654 e. The third-order valence-corrected chi connectivity index (χ3v) is 9.38. The van der Waals surface area contributed by atoms with Crippen LogP contribution >= 0.6 is 0 Å². The Morgan fingerprint density at radius 1 is 0.273 bits per heavy atom. The van der Waals surface area contributed by atoms with Crippen LogP contribution in [-0.4, -0.2) is 0 Å². The molecule has 0 fully saturated rings.